The van der Waals surface area contributed by atoms with Gasteiger partial charge in [-0.1, -0.05) is 75.1 Å². The van der Waals surface area contributed by atoms with Crippen LogP contribution in [0.15, 0.2) is 54.6 Å². The maximum absolute atomic E-state index is 2.70. The van der Waals surface area contributed by atoms with Gasteiger partial charge in [0.1, 0.15) is 0 Å². The highest BCUT2D eigenvalue weighted by Gasteiger charge is 2.21. The van der Waals surface area contributed by atoms with Crippen LogP contribution in [-0.4, -0.2) is 37.6 Å². The van der Waals surface area contributed by atoms with E-state index < -0.39 is 0 Å². The maximum atomic E-state index is 2.70. The van der Waals surface area contributed by atoms with Crippen molar-refractivity contribution < 1.29 is 0 Å². The molecule has 1 aliphatic heterocycles. The van der Waals surface area contributed by atoms with E-state index >= 15 is 0 Å². The molecule has 2 nitrogen and oxygen atoms in total. The zero-order chi connectivity index (χ0) is 19.2. The molecule has 0 radical (unpaired) electrons. The Balaban J connectivity index is 1.25. The third-order valence-corrected chi connectivity index (χ3v) is 6.89. The predicted molar refractivity (Wildman–Crippen MR) is 120 cm³/mol. The van der Waals surface area contributed by atoms with Gasteiger partial charge >= 0.3 is 0 Å². The third kappa shape index (κ3) is 5.38. The van der Waals surface area contributed by atoms with Crippen LogP contribution in [0.4, 0.5) is 5.69 Å². The fourth-order valence-electron chi connectivity index (χ4n) is 4.91. The van der Waals surface area contributed by atoms with Crippen molar-refractivity contribution in [2.75, 3.05) is 37.6 Å². The molecule has 1 heterocycles. The van der Waals surface area contributed by atoms with Crippen molar-refractivity contribution >= 4 is 5.69 Å². The monoisotopic (exact) mass is 376 g/mol. The number of benzene rings is 2. The lowest BCUT2D eigenvalue weighted by atomic mass is 9.81. The molecule has 0 N–H and O–H groups in total. The molecule has 0 bridgehead atoms. The zero-order valence-electron chi connectivity index (χ0n) is 17.5. The van der Waals surface area contributed by atoms with Gasteiger partial charge in [0, 0.05) is 31.9 Å². The summed E-state index contributed by atoms with van der Waals surface area (Å²) in [6, 6.07) is 20.0. The van der Waals surface area contributed by atoms with Crippen molar-refractivity contribution in [2.24, 2.45) is 11.8 Å². The van der Waals surface area contributed by atoms with Gasteiger partial charge in [-0.25, -0.2) is 0 Å². The summed E-state index contributed by atoms with van der Waals surface area (Å²) in [7, 11) is 0. The molecule has 0 amide bonds. The van der Waals surface area contributed by atoms with Crippen LogP contribution < -0.4 is 4.90 Å². The molecule has 0 unspecified atom stereocenters. The topological polar surface area (TPSA) is 6.48 Å². The Hall–Kier alpha value is -1.80. The van der Waals surface area contributed by atoms with Crippen LogP contribution in [0, 0.1) is 11.8 Å². The van der Waals surface area contributed by atoms with Crippen LogP contribution in [0.5, 0.6) is 0 Å². The quantitative estimate of drug-likeness (QED) is 0.646. The standard InChI is InChI=1S/C26H36N2/c1-22-10-12-23(13-11-22)14-15-27-16-18-28(19-17-27)26-9-5-8-25(21-26)20-24-6-3-2-4-7-24/h2-9,21-23H,10-20H2,1H3. The van der Waals surface area contributed by atoms with Gasteiger partial charge in [0.2, 0.25) is 0 Å². The van der Waals surface area contributed by atoms with Crippen LogP contribution in [0.1, 0.15) is 50.2 Å². The summed E-state index contributed by atoms with van der Waals surface area (Å²) >= 11 is 0. The van der Waals surface area contributed by atoms with Gasteiger partial charge in [-0.05, 0) is 54.5 Å². The molecule has 4 rings (SSSR count). The van der Waals surface area contributed by atoms with Crippen LogP contribution in [0.25, 0.3) is 0 Å². The molecule has 150 valence electrons. The highest BCUT2D eigenvalue weighted by molar-refractivity contribution is 5.49. The smallest absolute Gasteiger partial charge is 0.0369 e. The first-order valence-corrected chi connectivity index (χ1v) is 11.4. The molecule has 0 aromatic heterocycles. The van der Waals surface area contributed by atoms with E-state index in [4.69, 9.17) is 0 Å². The molecule has 0 atom stereocenters. The van der Waals surface area contributed by atoms with Crippen molar-refractivity contribution in [2.45, 2.75) is 45.4 Å². The fraction of sp³-hybridized carbons (Fsp3) is 0.538. The van der Waals surface area contributed by atoms with Gasteiger partial charge in [-0.3, -0.25) is 4.90 Å². The minimum absolute atomic E-state index is 0.970. The second-order valence-electron chi connectivity index (χ2n) is 9.08. The number of hydrogen-bond donors (Lipinski definition) is 0. The van der Waals surface area contributed by atoms with Gasteiger partial charge in [0.25, 0.3) is 0 Å². The molecule has 28 heavy (non-hydrogen) atoms. The molecule has 2 heteroatoms. The largest absolute Gasteiger partial charge is 0.369 e. The van der Waals surface area contributed by atoms with E-state index in [0.717, 1.165) is 31.3 Å². The van der Waals surface area contributed by atoms with E-state index in [1.807, 2.05) is 0 Å². The zero-order valence-corrected chi connectivity index (χ0v) is 17.5. The van der Waals surface area contributed by atoms with Crippen molar-refractivity contribution in [1.29, 1.82) is 0 Å². The van der Waals surface area contributed by atoms with Gasteiger partial charge in [-0.15, -0.1) is 0 Å². The number of piperazine rings is 1. The molecule has 2 aromatic carbocycles. The molecule has 2 fully saturated rings. The van der Waals surface area contributed by atoms with Crippen molar-refractivity contribution in [1.82, 2.24) is 4.90 Å². The molecular weight excluding hydrogens is 340 g/mol. The van der Waals surface area contributed by atoms with Gasteiger partial charge in [-0.2, -0.15) is 0 Å². The Bertz CT molecular complexity index is 710. The highest BCUT2D eigenvalue weighted by Crippen LogP contribution is 2.30. The Morgan fingerprint density at radius 1 is 0.786 bits per heavy atom. The Labute approximate surface area is 171 Å². The van der Waals surface area contributed by atoms with E-state index in [2.05, 4.69) is 71.3 Å². The summed E-state index contributed by atoms with van der Waals surface area (Å²) < 4.78 is 0. The van der Waals surface area contributed by atoms with E-state index in [9.17, 15) is 0 Å². The van der Waals surface area contributed by atoms with Crippen molar-refractivity contribution in [3.8, 4) is 0 Å². The first-order valence-electron chi connectivity index (χ1n) is 11.4. The molecule has 2 aromatic rings. The molecule has 0 spiro atoms. The Kier molecular flexibility index (Phi) is 6.69. The SMILES string of the molecule is CC1CCC(CCN2CCN(c3cccc(Cc4ccccc4)c3)CC2)CC1. The van der Waals surface area contributed by atoms with Gasteiger partial charge in [0.05, 0.1) is 0 Å². The van der Waals surface area contributed by atoms with E-state index in [0.29, 0.717) is 0 Å². The summed E-state index contributed by atoms with van der Waals surface area (Å²) in [6.07, 6.45) is 8.29. The van der Waals surface area contributed by atoms with Crippen LogP contribution in [-0.2, 0) is 6.42 Å². The fourth-order valence-corrected chi connectivity index (χ4v) is 4.91. The first-order chi connectivity index (χ1) is 13.8. The summed E-state index contributed by atoms with van der Waals surface area (Å²) in [5, 5.41) is 0. The number of nitrogens with zero attached hydrogens (tertiary/aromatic N) is 2. The van der Waals surface area contributed by atoms with Crippen LogP contribution in [0.2, 0.25) is 0 Å². The molecule has 1 aliphatic carbocycles. The maximum Gasteiger partial charge on any atom is 0.0369 e. The lowest BCUT2D eigenvalue weighted by Gasteiger charge is -2.37. The Morgan fingerprint density at radius 2 is 1.50 bits per heavy atom. The van der Waals surface area contributed by atoms with Gasteiger partial charge in [0.15, 0.2) is 0 Å². The molecular formula is C26H36N2. The second-order valence-corrected chi connectivity index (χ2v) is 9.08. The third-order valence-electron chi connectivity index (χ3n) is 6.89. The van der Waals surface area contributed by atoms with Crippen LogP contribution in [0.3, 0.4) is 0 Å². The molecule has 2 aliphatic rings. The first kappa shape index (κ1) is 19.5. The summed E-state index contributed by atoms with van der Waals surface area (Å²) in [5.41, 5.74) is 4.20. The van der Waals surface area contributed by atoms with Crippen LogP contribution >= 0.6 is 0 Å². The highest BCUT2D eigenvalue weighted by atomic mass is 15.3. The molecule has 1 saturated carbocycles. The average Bonchev–Trinajstić information content (AvgIpc) is 2.75. The van der Waals surface area contributed by atoms with E-state index in [-0.39, 0.29) is 0 Å². The minimum atomic E-state index is 0.970. The average molecular weight is 377 g/mol. The lowest BCUT2D eigenvalue weighted by molar-refractivity contribution is 0.208. The molecule has 1 saturated heterocycles. The van der Waals surface area contributed by atoms with Crippen molar-refractivity contribution in [3.05, 3.63) is 65.7 Å². The summed E-state index contributed by atoms with van der Waals surface area (Å²) in [4.78, 5) is 5.27. The Morgan fingerprint density at radius 3 is 2.25 bits per heavy atom. The summed E-state index contributed by atoms with van der Waals surface area (Å²) in [6.45, 7) is 8.48. The number of anilines is 1. The summed E-state index contributed by atoms with van der Waals surface area (Å²) in [5.74, 6) is 1.96. The minimum Gasteiger partial charge on any atom is -0.369 e. The second kappa shape index (κ2) is 9.60. The van der Waals surface area contributed by atoms with Crippen molar-refractivity contribution in [3.63, 3.8) is 0 Å². The van der Waals surface area contributed by atoms with E-state index in [1.54, 1.807) is 0 Å². The number of rotatable bonds is 6. The predicted octanol–water partition coefficient (Wildman–Crippen LogP) is 5.62. The van der Waals surface area contributed by atoms with E-state index in [1.165, 1.54) is 68.6 Å². The lowest BCUT2D eigenvalue weighted by Crippen LogP contribution is -2.47. The normalized spacial score (nSPS) is 23.7. The van der Waals surface area contributed by atoms with Gasteiger partial charge < -0.3 is 4.90 Å². The number of hydrogen-bond acceptors (Lipinski definition) is 2.